The van der Waals surface area contributed by atoms with Crippen molar-refractivity contribution in [3.8, 4) is 11.4 Å². The van der Waals surface area contributed by atoms with Gasteiger partial charge in [0, 0.05) is 37.7 Å². The summed E-state index contributed by atoms with van der Waals surface area (Å²) >= 11 is 0. The summed E-state index contributed by atoms with van der Waals surface area (Å²) in [6.45, 7) is 7.53. The summed E-state index contributed by atoms with van der Waals surface area (Å²) < 4.78 is 7.73. The third-order valence-electron chi connectivity index (χ3n) is 5.26. The first kappa shape index (κ1) is 19.2. The van der Waals surface area contributed by atoms with Crippen molar-refractivity contribution in [2.45, 2.75) is 39.7 Å². The summed E-state index contributed by atoms with van der Waals surface area (Å²) in [5.41, 5.74) is 2.59. The number of aromatic nitrogens is 3. The fourth-order valence-electron chi connectivity index (χ4n) is 3.84. The Bertz CT molecular complexity index is 1050. The lowest BCUT2D eigenvalue weighted by Gasteiger charge is -2.33. The molecule has 0 amide bonds. The first-order valence-corrected chi connectivity index (χ1v) is 10.0. The SMILES string of the molecule is Cc1cccc(OC2CCN(c3ccc(-n4c(C)nc(C)cc4=O)cn3)CC2)c1. The fraction of sp³-hybridized carbons (Fsp3) is 0.348. The van der Waals surface area contributed by atoms with Crippen molar-refractivity contribution in [2.75, 3.05) is 18.0 Å². The Morgan fingerprint density at radius 2 is 1.83 bits per heavy atom. The quantitative estimate of drug-likeness (QED) is 0.681. The van der Waals surface area contributed by atoms with Crippen LogP contribution in [0.25, 0.3) is 5.69 Å². The predicted octanol–water partition coefficient (Wildman–Crippen LogP) is 3.60. The maximum atomic E-state index is 12.3. The number of aryl methyl sites for hydroxylation is 3. The monoisotopic (exact) mass is 390 g/mol. The van der Waals surface area contributed by atoms with E-state index in [0.717, 1.165) is 48.9 Å². The molecule has 0 saturated carbocycles. The van der Waals surface area contributed by atoms with Crippen LogP contribution in [0.2, 0.25) is 0 Å². The van der Waals surface area contributed by atoms with Gasteiger partial charge < -0.3 is 9.64 Å². The molecule has 150 valence electrons. The standard InChI is InChI=1S/C23H26N4O2/c1-16-5-4-6-21(13-16)29-20-9-11-26(12-10-20)22-8-7-19(15-24-22)27-18(3)25-17(2)14-23(27)28/h4-8,13-15,20H,9-12H2,1-3H3. The smallest absolute Gasteiger partial charge is 0.258 e. The average molecular weight is 390 g/mol. The Morgan fingerprint density at radius 3 is 2.48 bits per heavy atom. The normalized spacial score (nSPS) is 14.8. The van der Waals surface area contributed by atoms with Gasteiger partial charge in [0.15, 0.2) is 0 Å². The number of nitrogens with zero attached hydrogens (tertiary/aromatic N) is 4. The van der Waals surface area contributed by atoms with E-state index in [1.165, 1.54) is 5.56 Å². The van der Waals surface area contributed by atoms with Crippen LogP contribution in [-0.4, -0.2) is 33.7 Å². The van der Waals surface area contributed by atoms with Crippen molar-refractivity contribution in [3.63, 3.8) is 0 Å². The van der Waals surface area contributed by atoms with Crippen LogP contribution in [-0.2, 0) is 0 Å². The zero-order valence-corrected chi connectivity index (χ0v) is 17.1. The van der Waals surface area contributed by atoms with Crippen LogP contribution in [0.4, 0.5) is 5.82 Å². The molecule has 1 fully saturated rings. The second-order valence-electron chi connectivity index (χ2n) is 7.61. The lowest BCUT2D eigenvalue weighted by atomic mass is 10.1. The van der Waals surface area contributed by atoms with Crippen molar-refractivity contribution in [1.82, 2.24) is 14.5 Å². The molecule has 1 aromatic carbocycles. The molecule has 0 bridgehead atoms. The highest BCUT2D eigenvalue weighted by molar-refractivity contribution is 5.44. The highest BCUT2D eigenvalue weighted by Crippen LogP contribution is 2.23. The molecule has 1 saturated heterocycles. The molecule has 0 aliphatic carbocycles. The molecular formula is C23H26N4O2. The van der Waals surface area contributed by atoms with Crippen LogP contribution < -0.4 is 15.2 Å². The molecule has 1 aliphatic rings. The Kier molecular flexibility index (Phi) is 5.34. The van der Waals surface area contributed by atoms with E-state index in [1.54, 1.807) is 16.8 Å². The molecule has 29 heavy (non-hydrogen) atoms. The van der Waals surface area contributed by atoms with E-state index in [0.29, 0.717) is 5.82 Å². The second-order valence-corrected chi connectivity index (χ2v) is 7.61. The molecule has 6 heteroatoms. The average Bonchev–Trinajstić information content (AvgIpc) is 2.68. The van der Waals surface area contributed by atoms with Gasteiger partial charge in [-0.05, 0) is 50.6 Å². The number of ether oxygens (including phenoxy) is 1. The summed E-state index contributed by atoms with van der Waals surface area (Å²) in [7, 11) is 0. The number of piperidine rings is 1. The molecule has 1 aliphatic heterocycles. The minimum atomic E-state index is -0.0846. The molecule has 2 aromatic heterocycles. The molecule has 4 rings (SSSR count). The van der Waals surface area contributed by atoms with Crippen LogP contribution in [0, 0.1) is 20.8 Å². The summed E-state index contributed by atoms with van der Waals surface area (Å²) in [5.74, 6) is 2.53. The van der Waals surface area contributed by atoms with E-state index < -0.39 is 0 Å². The van der Waals surface area contributed by atoms with Crippen LogP contribution in [0.5, 0.6) is 5.75 Å². The number of hydrogen-bond acceptors (Lipinski definition) is 5. The lowest BCUT2D eigenvalue weighted by molar-refractivity contribution is 0.170. The first-order valence-electron chi connectivity index (χ1n) is 10.0. The van der Waals surface area contributed by atoms with E-state index >= 15 is 0 Å². The van der Waals surface area contributed by atoms with Crippen LogP contribution >= 0.6 is 0 Å². The van der Waals surface area contributed by atoms with Gasteiger partial charge in [0.2, 0.25) is 0 Å². The Morgan fingerprint density at radius 1 is 1.03 bits per heavy atom. The van der Waals surface area contributed by atoms with Gasteiger partial charge in [-0.15, -0.1) is 0 Å². The van der Waals surface area contributed by atoms with E-state index in [4.69, 9.17) is 4.74 Å². The molecule has 0 atom stereocenters. The predicted molar refractivity (Wildman–Crippen MR) is 114 cm³/mol. The molecule has 3 heterocycles. The van der Waals surface area contributed by atoms with Gasteiger partial charge >= 0.3 is 0 Å². The summed E-state index contributed by atoms with van der Waals surface area (Å²) in [6.07, 6.45) is 3.89. The molecule has 0 unspecified atom stereocenters. The zero-order valence-electron chi connectivity index (χ0n) is 17.1. The molecule has 6 nitrogen and oxygen atoms in total. The minimum Gasteiger partial charge on any atom is -0.490 e. The summed E-state index contributed by atoms with van der Waals surface area (Å²) in [6, 6.07) is 13.7. The topological polar surface area (TPSA) is 60.2 Å². The van der Waals surface area contributed by atoms with E-state index in [9.17, 15) is 4.79 Å². The minimum absolute atomic E-state index is 0.0846. The number of benzene rings is 1. The molecular weight excluding hydrogens is 364 g/mol. The van der Waals surface area contributed by atoms with E-state index in [1.807, 2.05) is 38.1 Å². The van der Waals surface area contributed by atoms with Crippen LogP contribution in [0.3, 0.4) is 0 Å². The van der Waals surface area contributed by atoms with Crippen molar-refractivity contribution in [2.24, 2.45) is 0 Å². The van der Waals surface area contributed by atoms with Gasteiger partial charge in [-0.3, -0.25) is 9.36 Å². The van der Waals surface area contributed by atoms with Crippen LogP contribution in [0.15, 0.2) is 53.5 Å². The maximum Gasteiger partial charge on any atom is 0.258 e. The van der Waals surface area contributed by atoms with E-state index in [2.05, 4.69) is 33.9 Å². The number of anilines is 1. The second kappa shape index (κ2) is 8.07. The summed E-state index contributed by atoms with van der Waals surface area (Å²) in [5, 5.41) is 0. The molecule has 0 N–H and O–H groups in total. The molecule has 0 radical (unpaired) electrons. The Balaban J connectivity index is 1.41. The van der Waals surface area contributed by atoms with Crippen molar-refractivity contribution in [3.05, 3.63) is 76.1 Å². The zero-order chi connectivity index (χ0) is 20.4. The van der Waals surface area contributed by atoms with Gasteiger partial charge in [-0.25, -0.2) is 9.97 Å². The Hall–Kier alpha value is -3.15. The highest BCUT2D eigenvalue weighted by Gasteiger charge is 2.21. The fourth-order valence-corrected chi connectivity index (χ4v) is 3.84. The number of hydrogen-bond donors (Lipinski definition) is 0. The van der Waals surface area contributed by atoms with E-state index in [-0.39, 0.29) is 11.7 Å². The highest BCUT2D eigenvalue weighted by atomic mass is 16.5. The van der Waals surface area contributed by atoms with Gasteiger partial charge in [0.1, 0.15) is 23.5 Å². The van der Waals surface area contributed by atoms with Gasteiger partial charge in [-0.2, -0.15) is 0 Å². The lowest BCUT2D eigenvalue weighted by Crippen LogP contribution is -2.38. The maximum absolute atomic E-state index is 12.3. The third kappa shape index (κ3) is 4.31. The largest absolute Gasteiger partial charge is 0.490 e. The van der Waals surface area contributed by atoms with Gasteiger partial charge in [-0.1, -0.05) is 12.1 Å². The Labute approximate surface area is 170 Å². The van der Waals surface area contributed by atoms with Crippen molar-refractivity contribution in [1.29, 1.82) is 0 Å². The number of pyridine rings is 1. The molecule has 3 aromatic rings. The summed E-state index contributed by atoms with van der Waals surface area (Å²) in [4.78, 5) is 23.6. The third-order valence-corrected chi connectivity index (χ3v) is 5.26. The van der Waals surface area contributed by atoms with Crippen LogP contribution in [0.1, 0.15) is 29.9 Å². The number of rotatable bonds is 4. The van der Waals surface area contributed by atoms with Crippen molar-refractivity contribution < 1.29 is 4.74 Å². The van der Waals surface area contributed by atoms with Crippen molar-refractivity contribution >= 4 is 5.82 Å². The molecule has 0 spiro atoms. The first-order chi connectivity index (χ1) is 14.0. The van der Waals surface area contributed by atoms with Gasteiger partial charge in [0.05, 0.1) is 11.9 Å². The van der Waals surface area contributed by atoms with Gasteiger partial charge in [0.25, 0.3) is 5.56 Å².